The predicted molar refractivity (Wildman–Crippen MR) is 334 cm³/mol. The summed E-state index contributed by atoms with van der Waals surface area (Å²) in [6.45, 7) is 62.2. The number of carbonyl (C=O) groups excluding carboxylic acids is 2. The standard InChI is InChI=1S/C63H120O10Si4/c1-27-66-38-39-67-52(43-51-34-35-55(68-51)56(33-31-32-45(5)6)71-77(28-2,29-3)30-4)41-47(8)53(65)44-57(70-74(21,22)61(12,13)14)50(11)46(7)40-49(10)59(72-75(23,24)62(15,16)17)60(73-76(25,26)63(18,19)20)58-42-48(9)54(69-58)36-37-64/h31-33,37,40,47-48,50-52,54-60H,10,27-30,34-36,38-39,41-44H2,1-9,11-26H3/b33-31+,46-40+/t47-,48+,50+,51+,52-,54-,55+,56+,57-,58+,59+,60-/m0/s1. The first-order chi connectivity index (χ1) is 35.3. The van der Waals surface area contributed by atoms with Crippen molar-refractivity contribution in [2.24, 2.45) is 17.8 Å². The van der Waals surface area contributed by atoms with E-state index in [0.717, 1.165) is 54.8 Å². The third-order valence-electron chi connectivity index (χ3n) is 18.8. The maximum Gasteiger partial charge on any atom is 0.193 e. The van der Waals surface area contributed by atoms with E-state index in [0.29, 0.717) is 39.1 Å². The Hall–Kier alpha value is -1.15. The molecule has 2 heterocycles. The Morgan fingerprint density at radius 3 is 1.83 bits per heavy atom. The van der Waals surface area contributed by atoms with E-state index in [9.17, 15) is 9.59 Å². The molecule has 2 aliphatic rings. The molecule has 77 heavy (non-hydrogen) atoms. The fourth-order valence-electron chi connectivity index (χ4n) is 9.80. The summed E-state index contributed by atoms with van der Waals surface area (Å²) in [4.78, 5) is 26.8. The van der Waals surface area contributed by atoms with E-state index in [-0.39, 0.29) is 87.8 Å². The summed E-state index contributed by atoms with van der Waals surface area (Å²) >= 11 is 0. The van der Waals surface area contributed by atoms with Crippen LogP contribution in [0.15, 0.2) is 47.6 Å². The molecule has 0 saturated carbocycles. The summed E-state index contributed by atoms with van der Waals surface area (Å²) in [6.07, 6.45) is 12.1. The maximum atomic E-state index is 14.9. The summed E-state index contributed by atoms with van der Waals surface area (Å²) in [6, 6.07) is 3.24. The SMILES string of the molecule is C=C(/C=C(\C)[C@@H](C)[C@H](CC(=O)[C@@H](C)C[C@@H](C[C@H]1CC[C@H]([C@@H](/C=C/C=C(C)C)O[Si](CC)(CC)CC)O1)OCCOCC)O[Si](C)(C)C(C)(C)C)[C@@H](O[Si](C)(C)C(C)(C)C)[C@@H](O[Si](C)(C)C(C)(C)C)[C@H]1C[C@@H](C)[C@H](CC=O)O1. The monoisotopic (exact) mass is 1150 g/mol. The largest absolute Gasteiger partial charge is 0.413 e. The molecular formula is C63H120O10Si4. The van der Waals surface area contributed by atoms with Gasteiger partial charge in [-0.2, -0.15) is 0 Å². The Balaban J connectivity index is 2.61. The van der Waals surface area contributed by atoms with E-state index < -0.39 is 45.5 Å². The van der Waals surface area contributed by atoms with Crippen molar-refractivity contribution in [2.75, 3.05) is 19.8 Å². The molecule has 0 aromatic carbocycles. The van der Waals surface area contributed by atoms with Gasteiger partial charge in [0.05, 0.1) is 62.0 Å². The summed E-state index contributed by atoms with van der Waals surface area (Å²) in [5.74, 6) is -0.0338. The maximum absolute atomic E-state index is 14.9. The van der Waals surface area contributed by atoms with Crippen molar-refractivity contribution >= 4 is 45.3 Å². The lowest BCUT2D eigenvalue weighted by molar-refractivity contribution is -0.126. The second-order valence-electron chi connectivity index (χ2n) is 28.2. The minimum atomic E-state index is -2.44. The smallest absolute Gasteiger partial charge is 0.193 e. The van der Waals surface area contributed by atoms with Gasteiger partial charge in [0.15, 0.2) is 33.3 Å². The van der Waals surface area contributed by atoms with E-state index in [4.69, 9.17) is 43.2 Å². The van der Waals surface area contributed by atoms with Crippen molar-refractivity contribution in [3.8, 4) is 0 Å². The number of hydrogen-bond acceptors (Lipinski definition) is 10. The van der Waals surface area contributed by atoms with Crippen LogP contribution in [0.5, 0.6) is 0 Å². The minimum Gasteiger partial charge on any atom is -0.413 e. The first-order valence-corrected chi connectivity index (χ1v) is 41.5. The molecule has 0 unspecified atom stereocenters. The fraction of sp³-hybridized carbons (Fsp3) is 0.841. The van der Waals surface area contributed by atoms with Gasteiger partial charge in [0, 0.05) is 31.3 Å². The van der Waals surface area contributed by atoms with E-state index >= 15 is 0 Å². The molecule has 2 rings (SSSR count). The van der Waals surface area contributed by atoms with Gasteiger partial charge in [-0.25, -0.2) is 0 Å². The first kappa shape index (κ1) is 72.0. The van der Waals surface area contributed by atoms with Crippen LogP contribution in [0.25, 0.3) is 0 Å². The first-order valence-electron chi connectivity index (χ1n) is 30.2. The van der Waals surface area contributed by atoms with Gasteiger partial charge in [0.1, 0.15) is 18.2 Å². The molecule has 0 bridgehead atoms. The molecule has 448 valence electrons. The van der Waals surface area contributed by atoms with Crippen LogP contribution in [-0.2, 0) is 46.2 Å². The van der Waals surface area contributed by atoms with Crippen molar-refractivity contribution in [3.05, 3.63) is 47.6 Å². The van der Waals surface area contributed by atoms with Gasteiger partial charge >= 0.3 is 0 Å². The molecule has 2 aliphatic heterocycles. The Kier molecular flexibility index (Phi) is 28.9. The van der Waals surface area contributed by atoms with Crippen LogP contribution < -0.4 is 0 Å². The second-order valence-corrected chi connectivity index (χ2v) is 47.2. The van der Waals surface area contributed by atoms with E-state index in [2.05, 4.69) is 188 Å². The van der Waals surface area contributed by atoms with E-state index in [1.54, 1.807) is 0 Å². The molecule has 12 atom stereocenters. The molecule has 0 amide bonds. The van der Waals surface area contributed by atoms with Crippen LogP contribution >= 0.6 is 0 Å². The van der Waals surface area contributed by atoms with Crippen LogP contribution in [0.3, 0.4) is 0 Å². The molecule has 0 aromatic heterocycles. The zero-order valence-corrected chi connectivity index (χ0v) is 58.3. The average Bonchev–Trinajstić information content (AvgIpc) is 3.94. The number of Topliss-reactive ketones (excluding diaryl/α,β-unsaturated/α-hetero) is 1. The van der Waals surface area contributed by atoms with Crippen molar-refractivity contribution < 1.29 is 46.2 Å². The lowest BCUT2D eigenvalue weighted by Crippen LogP contribution is -2.55. The Bertz CT molecular complexity index is 1890. The number of carbonyl (C=O) groups is 2. The highest BCUT2D eigenvalue weighted by atomic mass is 28.4. The van der Waals surface area contributed by atoms with E-state index in [1.165, 1.54) is 5.57 Å². The zero-order chi connectivity index (χ0) is 59.1. The molecule has 2 saturated heterocycles. The Morgan fingerprint density at radius 1 is 0.753 bits per heavy atom. The van der Waals surface area contributed by atoms with Crippen LogP contribution in [0.1, 0.15) is 176 Å². The molecule has 0 aliphatic carbocycles. The van der Waals surface area contributed by atoms with Crippen LogP contribution in [0.2, 0.25) is 72.5 Å². The van der Waals surface area contributed by atoms with Gasteiger partial charge < -0.3 is 41.4 Å². The third-order valence-corrected chi connectivity index (χ3v) is 36.9. The highest BCUT2D eigenvalue weighted by molar-refractivity contribution is 6.75. The van der Waals surface area contributed by atoms with Crippen molar-refractivity contribution in [2.45, 2.75) is 304 Å². The quantitative estimate of drug-likeness (QED) is 0.0267. The van der Waals surface area contributed by atoms with Gasteiger partial charge in [0.2, 0.25) is 0 Å². The van der Waals surface area contributed by atoms with Gasteiger partial charge in [-0.1, -0.05) is 146 Å². The topological polar surface area (TPSA) is 108 Å². The Morgan fingerprint density at radius 2 is 1.31 bits per heavy atom. The van der Waals surface area contributed by atoms with Crippen LogP contribution in [0, 0.1) is 17.8 Å². The molecule has 10 nitrogen and oxygen atoms in total. The number of allylic oxidation sites excluding steroid dienone is 3. The molecular weight excluding hydrogens is 1030 g/mol. The van der Waals surface area contributed by atoms with Crippen LogP contribution in [-0.4, -0.2) is 120 Å². The highest BCUT2D eigenvalue weighted by Crippen LogP contribution is 2.45. The predicted octanol–water partition coefficient (Wildman–Crippen LogP) is 16.9. The highest BCUT2D eigenvalue weighted by Gasteiger charge is 2.50. The minimum absolute atomic E-state index is 0.00315. The summed E-state index contributed by atoms with van der Waals surface area (Å²) < 4.78 is 55.6. The van der Waals surface area contributed by atoms with Gasteiger partial charge in [-0.3, -0.25) is 4.79 Å². The molecule has 0 N–H and O–H groups in total. The summed E-state index contributed by atoms with van der Waals surface area (Å²) in [7, 11) is -9.13. The van der Waals surface area contributed by atoms with Gasteiger partial charge in [-0.15, -0.1) is 0 Å². The average molecular weight is 1150 g/mol. The Labute approximate surface area is 478 Å². The lowest BCUT2D eigenvalue weighted by Gasteiger charge is -2.47. The molecule has 2 fully saturated rings. The molecule has 0 aromatic rings. The second kappa shape index (κ2) is 30.9. The number of ether oxygens (including phenoxy) is 4. The summed E-state index contributed by atoms with van der Waals surface area (Å²) in [5.41, 5.74) is 3.16. The number of aldehydes is 1. The van der Waals surface area contributed by atoms with Crippen molar-refractivity contribution in [1.82, 2.24) is 0 Å². The molecule has 0 radical (unpaired) electrons. The molecule has 14 heteroatoms. The molecule has 0 spiro atoms. The summed E-state index contributed by atoms with van der Waals surface area (Å²) in [5, 5.41) is -0.237. The zero-order valence-electron chi connectivity index (χ0n) is 54.3. The normalized spacial score (nSPS) is 23.4. The van der Waals surface area contributed by atoms with Gasteiger partial charge in [0.25, 0.3) is 0 Å². The van der Waals surface area contributed by atoms with Crippen molar-refractivity contribution in [3.63, 3.8) is 0 Å². The van der Waals surface area contributed by atoms with E-state index in [1.807, 2.05) is 6.92 Å². The fourth-order valence-corrected chi connectivity index (χ4v) is 16.6. The van der Waals surface area contributed by atoms with Crippen molar-refractivity contribution in [1.29, 1.82) is 0 Å². The van der Waals surface area contributed by atoms with Gasteiger partial charge in [-0.05, 0) is 144 Å². The number of rotatable bonds is 34. The number of ketones is 1. The van der Waals surface area contributed by atoms with Crippen LogP contribution in [0.4, 0.5) is 0 Å². The number of hydrogen-bond donors (Lipinski definition) is 0. The lowest BCUT2D eigenvalue weighted by atomic mass is 9.86. The third kappa shape index (κ3) is 21.8.